The Balaban J connectivity index is 2.12. The van der Waals surface area contributed by atoms with E-state index in [4.69, 9.17) is 0 Å². The molecular formula is C20H25N3O2. The second-order valence-electron chi connectivity index (χ2n) is 6.34. The molecule has 2 rings (SSSR count). The normalized spacial score (nSPS) is 10.6. The molecule has 0 saturated heterocycles. The second kappa shape index (κ2) is 8.97. The van der Waals surface area contributed by atoms with Crippen LogP contribution in [0.15, 0.2) is 48.7 Å². The molecule has 132 valence electrons. The van der Waals surface area contributed by atoms with Crippen LogP contribution in [0.3, 0.4) is 0 Å². The highest BCUT2D eigenvalue weighted by Crippen LogP contribution is 2.11. The molecule has 0 unspecified atom stereocenters. The maximum absolute atomic E-state index is 12.8. The van der Waals surface area contributed by atoms with Crippen LogP contribution in [0.2, 0.25) is 0 Å². The van der Waals surface area contributed by atoms with Gasteiger partial charge >= 0.3 is 0 Å². The Morgan fingerprint density at radius 3 is 2.52 bits per heavy atom. The van der Waals surface area contributed by atoms with E-state index in [9.17, 15) is 9.59 Å². The summed E-state index contributed by atoms with van der Waals surface area (Å²) in [5, 5.41) is 2.82. The number of hydrogen-bond acceptors (Lipinski definition) is 3. The number of carbonyl (C=O) groups is 2. The lowest BCUT2D eigenvalue weighted by atomic mass is 10.1. The SMILES string of the molecule is CCN(Cc1ccccc1)C(=O)c1ccnc(C(=O)NCC(C)C)c1. The summed E-state index contributed by atoms with van der Waals surface area (Å²) in [4.78, 5) is 30.8. The lowest BCUT2D eigenvalue weighted by Gasteiger charge is -2.21. The van der Waals surface area contributed by atoms with E-state index in [1.54, 1.807) is 17.0 Å². The molecule has 2 amide bonds. The topological polar surface area (TPSA) is 62.3 Å². The highest BCUT2D eigenvalue weighted by molar-refractivity contribution is 5.98. The lowest BCUT2D eigenvalue weighted by Crippen LogP contribution is -2.31. The van der Waals surface area contributed by atoms with Crippen LogP contribution in [0, 0.1) is 5.92 Å². The molecule has 1 aromatic heterocycles. The molecule has 2 aromatic rings. The summed E-state index contributed by atoms with van der Waals surface area (Å²) < 4.78 is 0. The zero-order valence-corrected chi connectivity index (χ0v) is 15.0. The van der Waals surface area contributed by atoms with E-state index in [2.05, 4.69) is 10.3 Å². The van der Waals surface area contributed by atoms with Gasteiger partial charge < -0.3 is 10.2 Å². The fourth-order valence-electron chi connectivity index (χ4n) is 2.39. The van der Waals surface area contributed by atoms with Crippen molar-refractivity contribution in [3.63, 3.8) is 0 Å². The van der Waals surface area contributed by atoms with Gasteiger partial charge in [-0.15, -0.1) is 0 Å². The van der Waals surface area contributed by atoms with E-state index in [-0.39, 0.29) is 17.5 Å². The van der Waals surface area contributed by atoms with Crippen molar-refractivity contribution in [3.05, 3.63) is 65.5 Å². The summed E-state index contributed by atoms with van der Waals surface area (Å²) in [5.41, 5.74) is 1.81. The smallest absolute Gasteiger partial charge is 0.269 e. The van der Waals surface area contributed by atoms with Crippen LogP contribution < -0.4 is 5.32 Å². The highest BCUT2D eigenvalue weighted by atomic mass is 16.2. The molecule has 5 nitrogen and oxygen atoms in total. The van der Waals surface area contributed by atoms with Gasteiger partial charge in [-0.3, -0.25) is 14.6 Å². The Kier molecular flexibility index (Phi) is 6.69. The van der Waals surface area contributed by atoms with Gasteiger partial charge in [0.2, 0.25) is 0 Å². The first-order valence-electron chi connectivity index (χ1n) is 8.58. The van der Waals surface area contributed by atoms with Gasteiger partial charge in [0.05, 0.1) is 0 Å². The number of carbonyl (C=O) groups excluding carboxylic acids is 2. The molecular weight excluding hydrogens is 314 g/mol. The first-order valence-corrected chi connectivity index (χ1v) is 8.58. The van der Waals surface area contributed by atoms with Gasteiger partial charge in [-0.05, 0) is 30.5 Å². The third-order valence-electron chi connectivity index (χ3n) is 3.80. The van der Waals surface area contributed by atoms with E-state index in [0.717, 1.165) is 5.56 Å². The third-order valence-corrected chi connectivity index (χ3v) is 3.80. The maximum atomic E-state index is 12.8. The van der Waals surface area contributed by atoms with Crippen molar-refractivity contribution in [2.45, 2.75) is 27.3 Å². The predicted octanol–water partition coefficient (Wildman–Crippen LogP) is 3.13. The molecule has 0 aliphatic heterocycles. The van der Waals surface area contributed by atoms with E-state index in [1.165, 1.54) is 6.20 Å². The summed E-state index contributed by atoms with van der Waals surface area (Å²) in [6.45, 7) is 7.69. The minimum atomic E-state index is -0.255. The largest absolute Gasteiger partial charge is 0.350 e. The summed E-state index contributed by atoms with van der Waals surface area (Å²) in [7, 11) is 0. The van der Waals surface area contributed by atoms with Gasteiger partial charge in [-0.2, -0.15) is 0 Å². The van der Waals surface area contributed by atoms with Gasteiger partial charge in [0.1, 0.15) is 5.69 Å². The second-order valence-corrected chi connectivity index (χ2v) is 6.34. The number of nitrogens with zero attached hydrogens (tertiary/aromatic N) is 2. The molecule has 25 heavy (non-hydrogen) atoms. The number of benzene rings is 1. The van der Waals surface area contributed by atoms with Crippen molar-refractivity contribution in [1.82, 2.24) is 15.2 Å². The number of amides is 2. The molecule has 5 heteroatoms. The minimum Gasteiger partial charge on any atom is -0.350 e. The molecule has 0 bridgehead atoms. The first kappa shape index (κ1) is 18.6. The average molecular weight is 339 g/mol. The maximum Gasteiger partial charge on any atom is 0.269 e. The Labute approximate surface area is 149 Å². The highest BCUT2D eigenvalue weighted by Gasteiger charge is 2.17. The van der Waals surface area contributed by atoms with E-state index in [0.29, 0.717) is 31.1 Å². The number of pyridine rings is 1. The molecule has 0 aliphatic rings. The molecule has 0 aliphatic carbocycles. The van der Waals surface area contributed by atoms with Crippen LogP contribution in [0.25, 0.3) is 0 Å². The average Bonchev–Trinajstić information content (AvgIpc) is 2.64. The van der Waals surface area contributed by atoms with Crippen LogP contribution >= 0.6 is 0 Å². The van der Waals surface area contributed by atoms with Crippen molar-refractivity contribution < 1.29 is 9.59 Å². The van der Waals surface area contributed by atoms with Crippen molar-refractivity contribution in [2.24, 2.45) is 5.92 Å². The number of nitrogens with one attached hydrogen (secondary N) is 1. The number of rotatable bonds is 7. The van der Waals surface area contributed by atoms with Gasteiger partial charge in [0.15, 0.2) is 0 Å². The first-order chi connectivity index (χ1) is 12.0. The molecule has 0 saturated carbocycles. The molecule has 1 heterocycles. The van der Waals surface area contributed by atoms with Crippen molar-refractivity contribution in [2.75, 3.05) is 13.1 Å². The monoisotopic (exact) mass is 339 g/mol. The number of aromatic nitrogens is 1. The van der Waals surface area contributed by atoms with Crippen LogP contribution in [0.5, 0.6) is 0 Å². The Morgan fingerprint density at radius 2 is 1.88 bits per heavy atom. The van der Waals surface area contributed by atoms with Crippen LogP contribution in [-0.4, -0.2) is 34.8 Å². The summed E-state index contributed by atoms with van der Waals surface area (Å²) in [6, 6.07) is 13.1. The Morgan fingerprint density at radius 1 is 1.16 bits per heavy atom. The quantitative estimate of drug-likeness (QED) is 0.843. The van der Waals surface area contributed by atoms with Gasteiger partial charge in [0, 0.05) is 31.4 Å². The summed E-state index contributed by atoms with van der Waals surface area (Å²) in [5.74, 6) is -0.00339. The van der Waals surface area contributed by atoms with Gasteiger partial charge in [-0.25, -0.2) is 0 Å². The molecule has 0 radical (unpaired) electrons. The van der Waals surface area contributed by atoms with Crippen LogP contribution in [-0.2, 0) is 6.54 Å². The van der Waals surface area contributed by atoms with Gasteiger partial charge in [0.25, 0.3) is 11.8 Å². The predicted molar refractivity (Wildman–Crippen MR) is 98.3 cm³/mol. The minimum absolute atomic E-state index is 0.105. The molecule has 0 atom stereocenters. The molecule has 1 N–H and O–H groups in total. The zero-order chi connectivity index (χ0) is 18.2. The van der Waals surface area contributed by atoms with Gasteiger partial charge in [-0.1, -0.05) is 44.2 Å². The molecule has 0 spiro atoms. The Hall–Kier alpha value is -2.69. The van der Waals surface area contributed by atoms with E-state index < -0.39 is 0 Å². The summed E-state index contributed by atoms with van der Waals surface area (Å²) >= 11 is 0. The summed E-state index contributed by atoms with van der Waals surface area (Å²) in [6.07, 6.45) is 1.51. The van der Waals surface area contributed by atoms with E-state index >= 15 is 0 Å². The molecule has 0 fully saturated rings. The fourth-order valence-corrected chi connectivity index (χ4v) is 2.39. The van der Waals surface area contributed by atoms with Crippen molar-refractivity contribution in [3.8, 4) is 0 Å². The standard InChI is InChI=1S/C20H25N3O2/c1-4-23(14-16-8-6-5-7-9-16)20(25)17-10-11-21-18(12-17)19(24)22-13-15(2)3/h5-12,15H,4,13-14H2,1-3H3,(H,22,24). The van der Waals surface area contributed by atoms with Crippen LogP contribution in [0.4, 0.5) is 0 Å². The van der Waals surface area contributed by atoms with Crippen LogP contribution in [0.1, 0.15) is 47.2 Å². The Bertz CT molecular complexity index is 714. The zero-order valence-electron chi connectivity index (χ0n) is 15.0. The van der Waals surface area contributed by atoms with Crippen molar-refractivity contribution >= 4 is 11.8 Å². The third kappa shape index (κ3) is 5.41. The van der Waals surface area contributed by atoms with Crippen molar-refractivity contribution in [1.29, 1.82) is 0 Å². The number of hydrogen-bond donors (Lipinski definition) is 1. The van der Waals surface area contributed by atoms with E-state index in [1.807, 2.05) is 51.1 Å². The fraction of sp³-hybridized carbons (Fsp3) is 0.350. The molecule has 1 aromatic carbocycles. The lowest BCUT2D eigenvalue weighted by molar-refractivity contribution is 0.0752.